The van der Waals surface area contributed by atoms with E-state index in [0.717, 1.165) is 6.42 Å². The van der Waals surface area contributed by atoms with E-state index in [-0.39, 0.29) is 0 Å². The molecule has 0 aliphatic heterocycles. The fraction of sp³-hybridized carbons (Fsp3) is 0.250. The van der Waals surface area contributed by atoms with Crippen LogP contribution in [-0.2, 0) is 6.42 Å². The Morgan fingerprint density at radius 1 is 1.00 bits per heavy atom. The second-order valence-electron chi connectivity index (χ2n) is 2.27. The summed E-state index contributed by atoms with van der Waals surface area (Å²) in [5.74, 6) is 0. The predicted octanol–water partition coefficient (Wildman–Crippen LogP) is 5.25. The fourth-order valence-corrected chi connectivity index (χ4v) is 0.714. The third-order valence-corrected chi connectivity index (χ3v) is 1.25. The van der Waals surface area contributed by atoms with Crippen molar-refractivity contribution in [2.24, 2.45) is 0 Å². The number of aryl methyl sites for hydroxylation is 1. The average molecular weight is 633 g/mol. The summed E-state index contributed by atoms with van der Waals surface area (Å²) in [5.41, 5.74) is 1.41. The zero-order valence-corrected chi connectivity index (χ0v) is 17.3. The van der Waals surface area contributed by atoms with Crippen LogP contribution in [0.1, 0.15) is 12.5 Å². The van der Waals surface area contributed by atoms with Crippen LogP contribution >= 0.6 is 47.9 Å². The van der Waals surface area contributed by atoms with Gasteiger partial charge in [0.2, 0.25) is 0 Å². The van der Waals surface area contributed by atoms with E-state index in [9.17, 15) is 0 Å². The molecular formula is C8H10Br4Pb. The second-order valence-corrected chi connectivity index (χ2v) is 103. The molecule has 1 aromatic carbocycles. The van der Waals surface area contributed by atoms with Crippen molar-refractivity contribution in [1.82, 2.24) is 0 Å². The quantitative estimate of drug-likeness (QED) is 0.371. The van der Waals surface area contributed by atoms with Crippen LogP contribution in [-0.4, -0.2) is 11.5 Å². The van der Waals surface area contributed by atoms with Crippen LogP contribution in [0.4, 0.5) is 0 Å². The Labute approximate surface area is 107 Å². The van der Waals surface area contributed by atoms with Gasteiger partial charge in [0.25, 0.3) is 0 Å². The number of rotatable bonds is 1. The minimum absolute atomic E-state index is 1.14. The molecule has 0 heterocycles. The molecule has 0 radical (unpaired) electrons. The van der Waals surface area contributed by atoms with E-state index >= 15 is 0 Å². The third kappa shape index (κ3) is 14.1. The molecular weight excluding hydrogens is 623 g/mol. The molecule has 0 bridgehead atoms. The van der Waals surface area contributed by atoms with E-state index in [1.807, 2.05) is 6.07 Å². The second kappa shape index (κ2) is 8.24. The summed E-state index contributed by atoms with van der Waals surface area (Å²) >= 11 is 11.4. The van der Waals surface area contributed by atoms with E-state index in [1.54, 1.807) is 0 Å². The van der Waals surface area contributed by atoms with Gasteiger partial charge in [-0.1, -0.05) is 37.3 Å². The summed E-state index contributed by atoms with van der Waals surface area (Å²) in [6.45, 7) is 2.16. The van der Waals surface area contributed by atoms with Crippen molar-refractivity contribution < 1.29 is 0 Å². The van der Waals surface area contributed by atoms with Gasteiger partial charge >= 0.3 is 59.5 Å². The maximum atomic E-state index is 3.35. The Morgan fingerprint density at radius 2 is 1.38 bits per heavy atom. The van der Waals surface area contributed by atoms with Gasteiger partial charge in [0, 0.05) is 0 Å². The molecule has 0 aliphatic carbocycles. The molecule has 1 rings (SSSR count). The first-order valence-electron chi connectivity index (χ1n) is 3.73. The summed E-state index contributed by atoms with van der Waals surface area (Å²) in [4.78, 5) is 0. The molecule has 0 spiro atoms. The minimum atomic E-state index is -2.03. The Bertz CT molecular complexity index is 213. The molecule has 74 valence electrons. The fourth-order valence-electron chi connectivity index (χ4n) is 0.714. The molecule has 0 nitrogen and oxygen atoms in total. The average Bonchev–Trinajstić information content (AvgIpc) is 2.03. The first kappa shape index (κ1) is 15.1. The normalized spacial score (nSPS) is 10.2. The third-order valence-electron chi connectivity index (χ3n) is 1.25. The first-order valence-corrected chi connectivity index (χ1v) is 37.4. The standard InChI is InChI=1S/C8H10.4BrH.Pb/c1-2-8-6-4-3-5-7-8;;;;;/h3-7H,2H2,1H3;4*1H;/q;;;;;+4/p-4. The molecule has 0 N–H and O–H groups in total. The van der Waals surface area contributed by atoms with E-state index in [1.165, 1.54) is 5.56 Å². The van der Waals surface area contributed by atoms with Crippen molar-refractivity contribution in [3.05, 3.63) is 35.9 Å². The topological polar surface area (TPSA) is 0 Å². The summed E-state index contributed by atoms with van der Waals surface area (Å²) in [5, 5.41) is 0. The molecule has 5 heteroatoms. The molecule has 0 unspecified atom stereocenters. The van der Waals surface area contributed by atoms with Gasteiger partial charge in [-0.3, -0.25) is 0 Å². The van der Waals surface area contributed by atoms with Crippen LogP contribution in [0, 0.1) is 0 Å². The summed E-state index contributed by atoms with van der Waals surface area (Å²) < 4.78 is 0. The van der Waals surface area contributed by atoms with Crippen molar-refractivity contribution in [2.75, 3.05) is 0 Å². The zero-order valence-electron chi connectivity index (χ0n) is 7.11. The number of hydrogen-bond donors (Lipinski definition) is 0. The zero-order chi connectivity index (χ0) is 10.3. The Kier molecular flexibility index (Phi) is 9.55. The van der Waals surface area contributed by atoms with Gasteiger partial charge in [0.1, 0.15) is 0 Å². The Hall–Kier alpha value is 2.06. The summed E-state index contributed by atoms with van der Waals surface area (Å²) in [7, 11) is 0. The molecule has 0 fully saturated rings. The van der Waals surface area contributed by atoms with Crippen molar-refractivity contribution >= 4 is 59.5 Å². The first-order chi connectivity index (χ1) is 5.93. The molecule has 0 atom stereocenters. The van der Waals surface area contributed by atoms with Crippen LogP contribution in [0.2, 0.25) is 0 Å². The van der Waals surface area contributed by atoms with Crippen molar-refractivity contribution in [3.63, 3.8) is 0 Å². The van der Waals surface area contributed by atoms with E-state index in [2.05, 4.69) is 79.1 Å². The molecule has 0 saturated heterocycles. The van der Waals surface area contributed by atoms with E-state index < -0.39 is 11.5 Å². The molecule has 13 heavy (non-hydrogen) atoms. The van der Waals surface area contributed by atoms with Gasteiger partial charge in [-0.15, -0.1) is 0 Å². The van der Waals surface area contributed by atoms with E-state index in [0.29, 0.717) is 0 Å². The van der Waals surface area contributed by atoms with Gasteiger partial charge < -0.3 is 0 Å². The van der Waals surface area contributed by atoms with Crippen LogP contribution in [0.5, 0.6) is 0 Å². The maximum absolute atomic E-state index is 3.35. The molecule has 0 aromatic heterocycles. The summed E-state index contributed by atoms with van der Waals surface area (Å²) in [6, 6.07) is 10.5. The van der Waals surface area contributed by atoms with Crippen LogP contribution in [0.3, 0.4) is 0 Å². The summed E-state index contributed by atoms with van der Waals surface area (Å²) in [6.07, 6.45) is 1.14. The Morgan fingerprint density at radius 3 is 1.62 bits per heavy atom. The van der Waals surface area contributed by atoms with Crippen molar-refractivity contribution in [3.8, 4) is 0 Å². The van der Waals surface area contributed by atoms with Crippen molar-refractivity contribution in [2.45, 2.75) is 13.3 Å². The molecule has 0 amide bonds. The SMILES string of the molecule is CCc1ccccc1.[Br][Pb]([Br])([Br])[Br]. The molecule has 0 aliphatic rings. The number of benzene rings is 1. The van der Waals surface area contributed by atoms with Crippen LogP contribution in [0.25, 0.3) is 0 Å². The van der Waals surface area contributed by atoms with Gasteiger partial charge in [-0.2, -0.15) is 0 Å². The van der Waals surface area contributed by atoms with Gasteiger partial charge in [0.15, 0.2) is 0 Å². The van der Waals surface area contributed by atoms with Crippen LogP contribution in [0.15, 0.2) is 30.3 Å². The van der Waals surface area contributed by atoms with Gasteiger partial charge in [-0.05, 0) is 12.0 Å². The van der Waals surface area contributed by atoms with E-state index in [4.69, 9.17) is 0 Å². The van der Waals surface area contributed by atoms with Crippen LogP contribution < -0.4 is 0 Å². The van der Waals surface area contributed by atoms with Crippen molar-refractivity contribution in [1.29, 1.82) is 0 Å². The van der Waals surface area contributed by atoms with Gasteiger partial charge in [0.05, 0.1) is 0 Å². The van der Waals surface area contributed by atoms with Gasteiger partial charge in [-0.25, -0.2) is 0 Å². The predicted molar refractivity (Wildman–Crippen MR) is 77.3 cm³/mol. The monoisotopic (exact) mass is 630 g/mol. The number of hydrogen-bond acceptors (Lipinski definition) is 0. The number of halogens is 4. The Balaban J connectivity index is 0.000000252. The molecule has 1 aromatic rings. The molecule has 0 saturated carbocycles.